The molecule has 20 heavy (non-hydrogen) atoms. The summed E-state index contributed by atoms with van der Waals surface area (Å²) in [4.78, 5) is 42.4. The molecule has 1 aliphatic rings. The Kier molecular flexibility index (Phi) is 3.47. The van der Waals surface area contributed by atoms with Crippen LogP contribution in [0.4, 0.5) is 22.7 Å². The molecule has 0 bridgehead atoms. The summed E-state index contributed by atoms with van der Waals surface area (Å²) in [7, 11) is 0. The molecular weight excluding hydrogens is 410 g/mol. The number of nitrogens with zero attached hydrogens (tertiary/aromatic N) is 3. The van der Waals surface area contributed by atoms with Crippen molar-refractivity contribution in [1.29, 1.82) is 0 Å². The number of amides is 2. The lowest BCUT2D eigenvalue weighted by Gasteiger charge is -2.17. The van der Waals surface area contributed by atoms with Gasteiger partial charge in [0.15, 0.2) is 5.02 Å². The first kappa shape index (κ1) is 14.4. The van der Waals surface area contributed by atoms with Crippen LogP contribution in [0.25, 0.3) is 0 Å². The molecule has 12 heteroatoms. The van der Waals surface area contributed by atoms with Crippen LogP contribution >= 0.6 is 34.2 Å². The Morgan fingerprint density at radius 1 is 1.15 bits per heavy atom. The molecule has 2 rings (SSSR count). The molecule has 2 amide bonds. The highest BCUT2D eigenvalue weighted by molar-refractivity contribution is 14.1. The molecule has 10 nitrogen and oxygen atoms in total. The zero-order chi connectivity index (χ0) is 15.2. The highest BCUT2D eigenvalue weighted by Gasteiger charge is 2.40. The average Bonchev–Trinajstić information content (AvgIpc) is 2.31. The lowest BCUT2D eigenvalue weighted by atomic mass is 10.1. The standard InChI is InChI=1S/C8HClIN4O6/c9-1-5(13(17)18)2(10)3-4(6(1)14(19)20)12-8(16)7(15)11-3/h(H,12,16). The molecule has 0 saturated carbocycles. The number of carbonyl (C=O) groups is 2. The SMILES string of the molecule is O=C1[N]c2c(I)c([N+](=O)[O-])c(Cl)c([N+](=O)[O-])c2NC1=O. The summed E-state index contributed by atoms with van der Waals surface area (Å²) in [6.45, 7) is 0. The van der Waals surface area contributed by atoms with Gasteiger partial charge in [-0.3, -0.25) is 29.8 Å². The van der Waals surface area contributed by atoms with Crippen molar-refractivity contribution in [1.82, 2.24) is 5.32 Å². The number of halogens is 2. The largest absolute Gasteiger partial charge is 0.335 e. The van der Waals surface area contributed by atoms with Crippen LogP contribution in [0.2, 0.25) is 5.02 Å². The van der Waals surface area contributed by atoms with Gasteiger partial charge in [0.1, 0.15) is 14.9 Å². The quantitative estimate of drug-likeness (QED) is 0.337. The van der Waals surface area contributed by atoms with Gasteiger partial charge in [0.25, 0.3) is 0 Å². The van der Waals surface area contributed by atoms with Crippen molar-refractivity contribution in [2.24, 2.45) is 0 Å². The summed E-state index contributed by atoms with van der Waals surface area (Å²) in [5, 5.41) is 26.5. The maximum atomic E-state index is 11.2. The van der Waals surface area contributed by atoms with Crippen LogP contribution in [0.5, 0.6) is 0 Å². The summed E-state index contributed by atoms with van der Waals surface area (Å²) < 4.78 is -0.174. The van der Waals surface area contributed by atoms with E-state index in [0.29, 0.717) is 0 Å². The minimum Gasteiger partial charge on any atom is -0.310 e. The Labute approximate surface area is 127 Å². The van der Waals surface area contributed by atoms with E-state index in [2.05, 4.69) is 5.32 Å². The monoisotopic (exact) mass is 411 g/mol. The van der Waals surface area contributed by atoms with E-state index in [-0.39, 0.29) is 9.26 Å². The molecule has 1 aromatic rings. The fourth-order valence-electron chi connectivity index (χ4n) is 1.53. The molecule has 0 spiro atoms. The molecule has 1 radical (unpaired) electrons. The maximum Gasteiger partial charge on any atom is 0.335 e. The first-order chi connectivity index (χ1) is 9.25. The van der Waals surface area contributed by atoms with Crippen molar-refractivity contribution in [2.75, 3.05) is 5.32 Å². The van der Waals surface area contributed by atoms with Gasteiger partial charge in [-0.05, 0) is 22.6 Å². The Bertz CT molecular complexity index is 705. The topological polar surface area (TPSA) is 147 Å². The number of nitro groups is 2. The van der Waals surface area contributed by atoms with Crippen molar-refractivity contribution in [3.63, 3.8) is 0 Å². The molecule has 0 atom stereocenters. The Balaban J connectivity index is 2.89. The summed E-state index contributed by atoms with van der Waals surface area (Å²) in [6.07, 6.45) is 0. The van der Waals surface area contributed by atoms with Gasteiger partial charge in [0.05, 0.1) is 9.85 Å². The summed E-state index contributed by atoms with van der Waals surface area (Å²) in [6, 6.07) is 0. The van der Waals surface area contributed by atoms with Gasteiger partial charge < -0.3 is 5.32 Å². The van der Waals surface area contributed by atoms with Gasteiger partial charge in [-0.15, -0.1) is 0 Å². The third kappa shape index (κ3) is 2.03. The molecule has 0 aliphatic carbocycles. The molecule has 1 aliphatic heterocycles. The number of nitro benzene ring substituents is 2. The minimum atomic E-state index is -1.21. The Hall–Kier alpha value is -2.02. The van der Waals surface area contributed by atoms with Crippen molar-refractivity contribution in [3.8, 4) is 0 Å². The molecular formula is C8HClIN4O6. The van der Waals surface area contributed by atoms with E-state index in [1.807, 2.05) is 5.32 Å². The molecule has 0 aromatic heterocycles. The third-order valence-corrected chi connectivity index (χ3v) is 3.70. The van der Waals surface area contributed by atoms with Gasteiger partial charge >= 0.3 is 23.2 Å². The smallest absolute Gasteiger partial charge is 0.310 e. The second-order valence-electron chi connectivity index (χ2n) is 3.43. The number of fused-ring (bicyclic) bond motifs is 1. The van der Waals surface area contributed by atoms with E-state index in [9.17, 15) is 29.8 Å². The Morgan fingerprint density at radius 3 is 2.20 bits per heavy atom. The predicted octanol–water partition coefficient (Wildman–Crippen LogP) is 1.48. The normalized spacial score (nSPS) is 13.3. The molecule has 103 valence electrons. The van der Waals surface area contributed by atoms with Crippen LogP contribution in [-0.4, -0.2) is 21.7 Å². The van der Waals surface area contributed by atoms with Crippen molar-refractivity contribution < 1.29 is 19.4 Å². The van der Waals surface area contributed by atoms with Crippen LogP contribution in [0.15, 0.2) is 0 Å². The van der Waals surface area contributed by atoms with Crippen LogP contribution in [0.1, 0.15) is 0 Å². The second-order valence-corrected chi connectivity index (χ2v) is 4.89. The molecule has 1 heterocycles. The van der Waals surface area contributed by atoms with Crippen LogP contribution in [0, 0.1) is 23.8 Å². The summed E-state index contributed by atoms with van der Waals surface area (Å²) in [5.41, 5.74) is -2.40. The number of benzene rings is 1. The van der Waals surface area contributed by atoms with Crippen molar-refractivity contribution in [2.45, 2.75) is 0 Å². The van der Waals surface area contributed by atoms with Crippen molar-refractivity contribution in [3.05, 3.63) is 28.8 Å². The number of carbonyl (C=O) groups excluding carboxylic acids is 2. The molecule has 0 fully saturated rings. The summed E-state index contributed by atoms with van der Waals surface area (Å²) in [5.74, 6) is -2.39. The van der Waals surface area contributed by atoms with E-state index < -0.39 is 43.7 Å². The van der Waals surface area contributed by atoms with Crippen LogP contribution < -0.4 is 10.6 Å². The molecule has 1 N–H and O–H groups in total. The van der Waals surface area contributed by atoms with Crippen LogP contribution in [-0.2, 0) is 9.59 Å². The van der Waals surface area contributed by atoms with E-state index >= 15 is 0 Å². The third-order valence-electron chi connectivity index (χ3n) is 2.32. The predicted molar refractivity (Wildman–Crippen MR) is 72.9 cm³/mol. The van der Waals surface area contributed by atoms with E-state index in [0.717, 1.165) is 0 Å². The lowest BCUT2D eigenvalue weighted by molar-refractivity contribution is -0.393. The second kappa shape index (κ2) is 4.82. The Morgan fingerprint density at radius 2 is 1.70 bits per heavy atom. The number of anilines is 1. The van der Waals surface area contributed by atoms with Crippen LogP contribution in [0.3, 0.4) is 0 Å². The molecule has 1 aromatic carbocycles. The first-order valence-electron chi connectivity index (χ1n) is 4.66. The lowest BCUT2D eigenvalue weighted by Crippen LogP contribution is -2.34. The fraction of sp³-hybridized carbons (Fsp3) is 0. The van der Waals surface area contributed by atoms with E-state index in [1.165, 1.54) is 22.6 Å². The van der Waals surface area contributed by atoms with E-state index in [4.69, 9.17) is 11.6 Å². The van der Waals surface area contributed by atoms with Gasteiger partial charge in [0, 0.05) is 0 Å². The minimum absolute atomic E-state index is 0.174. The first-order valence-corrected chi connectivity index (χ1v) is 6.12. The number of rotatable bonds is 2. The number of hydrogen-bond acceptors (Lipinski definition) is 6. The number of nitrogens with one attached hydrogen (secondary N) is 1. The zero-order valence-electron chi connectivity index (χ0n) is 9.05. The highest BCUT2D eigenvalue weighted by atomic mass is 127. The average molecular weight is 411 g/mol. The maximum absolute atomic E-state index is 11.2. The molecule has 0 saturated heterocycles. The highest BCUT2D eigenvalue weighted by Crippen LogP contribution is 2.49. The number of hydrogen-bond donors (Lipinski definition) is 1. The van der Waals surface area contributed by atoms with Crippen molar-refractivity contribution >= 4 is 68.8 Å². The van der Waals surface area contributed by atoms with Gasteiger partial charge in [0.2, 0.25) is 0 Å². The fourth-order valence-corrected chi connectivity index (χ4v) is 2.87. The zero-order valence-corrected chi connectivity index (χ0v) is 12.0. The van der Waals surface area contributed by atoms with Gasteiger partial charge in [-0.1, -0.05) is 11.6 Å². The summed E-state index contributed by atoms with van der Waals surface area (Å²) >= 11 is 7.13. The van der Waals surface area contributed by atoms with Gasteiger partial charge in [-0.25, -0.2) is 5.32 Å². The van der Waals surface area contributed by atoms with Gasteiger partial charge in [-0.2, -0.15) is 0 Å². The van der Waals surface area contributed by atoms with E-state index in [1.54, 1.807) is 0 Å². The molecule has 0 unspecified atom stereocenters.